The molecule has 0 saturated heterocycles. The van der Waals surface area contributed by atoms with Crippen LogP contribution in [0, 0.1) is 12.3 Å². The first kappa shape index (κ1) is 13.5. The quantitative estimate of drug-likeness (QED) is 0.831. The van der Waals surface area contributed by atoms with Gasteiger partial charge in [-0.3, -0.25) is 0 Å². The van der Waals surface area contributed by atoms with Gasteiger partial charge in [0.2, 0.25) is 0 Å². The summed E-state index contributed by atoms with van der Waals surface area (Å²) in [5, 5.41) is 4.51. The third-order valence-electron chi connectivity index (χ3n) is 3.42. The average Bonchev–Trinajstić information content (AvgIpc) is 2.72. The molecule has 0 aliphatic heterocycles. The van der Waals surface area contributed by atoms with Crippen LogP contribution in [0.3, 0.4) is 0 Å². The Morgan fingerprint density at radius 2 is 2.21 bits per heavy atom. The van der Waals surface area contributed by atoms with Gasteiger partial charge in [0.1, 0.15) is 5.75 Å². The molecule has 1 unspecified atom stereocenters. The van der Waals surface area contributed by atoms with Crippen LogP contribution in [0.25, 0.3) is 10.9 Å². The standard InChI is InChI=1S/C16H20N2O/c1-5-8-17-12(2)9-14-10-13-11-15(19-4)6-7-16(13)18(14)3/h1,6-7,10-12,17H,8-9H2,2-4H3. The first-order chi connectivity index (χ1) is 9.15. The molecule has 100 valence electrons. The van der Waals surface area contributed by atoms with Gasteiger partial charge in [0.05, 0.1) is 13.7 Å². The lowest BCUT2D eigenvalue weighted by molar-refractivity contribution is 0.415. The highest BCUT2D eigenvalue weighted by Gasteiger charge is 2.09. The maximum atomic E-state index is 5.26. The van der Waals surface area contributed by atoms with Crippen molar-refractivity contribution in [2.75, 3.05) is 13.7 Å². The van der Waals surface area contributed by atoms with Gasteiger partial charge in [0, 0.05) is 36.1 Å². The summed E-state index contributed by atoms with van der Waals surface area (Å²) in [5.41, 5.74) is 2.51. The second-order valence-corrected chi connectivity index (χ2v) is 4.81. The van der Waals surface area contributed by atoms with E-state index in [1.165, 1.54) is 16.6 Å². The first-order valence-corrected chi connectivity index (χ1v) is 6.45. The molecule has 0 amide bonds. The molecule has 0 spiro atoms. The van der Waals surface area contributed by atoms with Crippen molar-refractivity contribution in [2.45, 2.75) is 19.4 Å². The number of aromatic nitrogens is 1. The molecule has 0 fully saturated rings. The number of nitrogens with zero attached hydrogens (tertiary/aromatic N) is 1. The monoisotopic (exact) mass is 256 g/mol. The van der Waals surface area contributed by atoms with Gasteiger partial charge in [-0.15, -0.1) is 6.42 Å². The molecule has 3 nitrogen and oxygen atoms in total. The van der Waals surface area contributed by atoms with Crippen LogP contribution in [0.15, 0.2) is 24.3 Å². The molecule has 1 atom stereocenters. The summed E-state index contributed by atoms with van der Waals surface area (Å²) in [6.45, 7) is 2.76. The Hall–Kier alpha value is -1.92. The van der Waals surface area contributed by atoms with Crippen LogP contribution >= 0.6 is 0 Å². The van der Waals surface area contributed by atoms with Crippen molar-refractivity contribution < 1.29 is 4.74 Å². The average molecular weight is 256 g/mol. The molecule has 2 aromatic rings. The molecule has 1 heterocycles. The highest BCUT2D eigenvalue weighted by molar-refractivity contribution is 5.82. The Morgan fingerprint density at radius 3 is 2.89 bits per heavy atom. The number of aryl methyl sites for hydroxylation is 1. The van der Waals surface area contributed by atoms with E-state index in [1.807, 2.05) is 6.07 Å². The Kier molecular flexibility index (Phi) is 4.13. The van der Waals surface area contributed by atoms with E-state index in [-0.39, 0.29) is 0 Å². The molecule has 3 heteroatoms. The smallest absolute Gasteiger partial charge is 0.119 e. The molecule has 0 radical (unpaired) electrons. The molecule has 1 N–H and O–H groups in total. The van der Waals surface area contributed by atoms with Crippen LogP contribution < -0.4 is 10.1 Å². The zero-order valence-electron chi connectivity index (χ0n) is 11.7. The number of hydrogen-bond acceptors (Lipinski definition) is 2. The topological polar surface area (TPSA) is 26.2 Å². The van der Waals surface area contributed by atoms with Crippen molar-refractivity contribution in [1.29, 1.82) is 0 Å². The van der Waals surface area contributed by atoms with Gasteiger partial charge in [-0.25, -0.2) is 0 Å². The highest BCUT2D eigenvalue weighted by Crippen LogP contribution is 2.24. The minimum atomic E-state index is 0.362. The SMILES string of the molecule is C#CCNC(C)Cc1cc2cc(OC)ccc2n1C. The molecule has 0 aliphatic carbocycles. The number of rotatable bonds is 5. The van der Waals surface area contributed by atoms with Gasteiger partial charge in [-0.2, -0.15) is 0 Å². The summed E-state index contributed by atoms with van der Waals surface area (Å²) in [4.78, 5) is 0. The van der Waals surface area contributed by atoms with Crippen molar-refractivity contribution in [2.24, 2.45) is 7.05 Å². The minimum Gasteiger partial charge on any atom is -0.497 e. The summed E-state index contributed by atoms with van der Waals surface area (Å²) in [6, 6.07) is 8.73. The number of hydrogen-bond donors (Lipinski definition) is 1. The van der Waals surface area contributed by atoms with E-state index in [0.29, 0.717) is 12.6 Å². The normalized spacial score (nSPS) is 12.3. The highest BCUT2D eigenvalue weighted by atomic mass is 16.5. The maximum Gasteiger partial charge on any atom is 0.119 e. The second kappa shape index (κ2) is 5.81. The number of fused-ring (bicyclic) bond motifs is 1. The van der Waals surface area contributed by atoms with Crippen molar-refractivity contribution in [3.8, 4) is 18.1 Å². The van der Waals surface area contributed by atoms with Gasteiger partial charge >= 0.3 is 0 Å². The predicted octanol–water partition coefficient (Wildman–Crippen LogP) is 2.34. The third-order valence-corrected chi connectivity index (χ3v) is 3.42. The Balaban J connectivity index is 2.24. The summed E-state index contributed by atoms with van der Waals surface area (Å²) in [6.07, 6.45) is 6.22. The van der Waals surface area contributed by atoms with Gasteiger partial charge in [0.15, 0.2) is 0 Å². The van der Waals surface area contributed by atoms with Crippen LogP contribution in [0.4, 0.5) is 0 Å². The maximum absolute atomic E-state index is 5.26. The molecule has 0 saturated carbocycles. The molecule has 0 bridgehead atoms. The summed E-state index contributed by atoms with van der Waals surface area (Å²) in [7, 11) is 3.79. The van der Waals surface area contributed by atoms with Crippen molar-refractivity contribution in [3.05, 3.63) is 30.0 Å². The van der Waals surface area contributed by atoms with Gasteiger partial charge in [0.25, 0.3) is 0 Å². The molecule has 2 rings (SSSR count). The first-order valence-electron chi connectivity index (χ1n) is 6.45. The van der Waals surface area contributed by atoms with Crippen molar-refractivity contribution in [3.63, 3.8) is 0 Å². The van der Waals surface area contributed by atoms with Gasteiger partial charge in [-0.1, -0.05) is 5.92 Å². The fourth-order valence-electron chi connectivity index (χ4n) is 2.33. The fourth-order valence-corrected chi connectivity index (χ4v) is 2.33. The van der Waals surface area contributed by atoms with Crippen LogP contribution in [0.5, 0.6) is 5.75 Å². The predicted molar refractivity (Wildman–Crippen MR) is 79.5 cm³/mol. The number of methoxy groups -OCH3 is 1. The molecule has 1 aromatic heterocycles. The summed E-state index contributed by atoms with van der Waals surface area (Å²) in [5.74, 6) is 3.50. The van der Waals surface area contributed by atoms with E-state index in [1.54, 1.807) is 7.11 Å². The van der Waals surface area contributed by atoms with Crippen molar-refractivity contribution >= 4 is 10.9 Å². The van der Waals surface area contributed by atoms with Gasteiger partial charge in [-0.05, 0) is 31.2 Å². The van der Waals surface area contributed by atoms with Crippen LogP contribution in [0.2, 0.25) is 0 Å². The number of benzene rings is 1. The zero-order valence-corrected chi connectivity index (χ0v) is 11.7. The molecule has 1 aromatic carbocycles. The van der Waals surface area contributed by atoms with Crippen LogP contribution in [-0.4, -0.2) is 24.3 Å². The van der Waals surface area contributed by atoms with E-state index in [9.17, 15) is 0 Å². The van der Waals surface area contributed by atoms with Crippen molar-refractivity contribution in [1.82, 2.24) is 9.88 Å². The number of ether oxygens (including phenoxy) is 1. The lowest BCUT2D eigenvalue weighted by Gasteiger charge is -2.12. The molecular formula is C16H20N2O. The Labute approximate surface area is 114 Å². The van der Waals surface area contributed by atoms with Crippen LogP contribution in [-0.2, 0) is 13.5 Å². The van der Waals surface area contributed by atoms with E-state index in [4.69, 9.17) is 11.2 Å². The molecule has 0 aliphatic rings. The van der Waals surface area contributed by atoms with E-state index < -0.39 is 0 Å². The fraction of sp³-hybridized carbons (Fsp3) is 0.375. The molecular weight excluding hydrogens is 236 g/mol. The summed E-state index contributed by atoms with van der Waals surface area (Å²) < 4.78 is 7.49. The number of nitrogens with one attached hydrogen (secondary N) is 1. The Bertz CT molecular complexity index is 607. The number of terminal acetylenes is 1. The zero-order chi connectivity index (χ0) is 13.8. The van der Waals surface area contributed by atoms with E-state index in [2.05, 4.69) is 48.0 Å². The Morgan fingerprint density at radius 1 is 1.42 bits per heavy atom. The largest absolute Gasteiger partial charge is 0.497 e. The lowest BCUT2D eigenvalue weighted by Crippen LogP contribution is -2.28. The second-order valence-electron chi connectivity index (χ2n) is 4.81. The minimum absolute atomic E-state index is 0.362. The molecule has 19 heavy (non-hydrogen) atoms. The summed E-state index contributed by atoms with van der Waals surface area (Å²) >= 11 is 0. The van der Waals surface area contributed by atoms with E-state index >= 15 is 0 Å². The van der Waals surface area contributed by atoms with Crippen LogP contribution in [0.1, 0.15) is 12.6 Å². The third kappa shape index (κ3) is 2.91. The lowest BCUT2D eigenvalue weighted by atomic mass is 10.1. The van der Waals surface area contributed by atoms with Gasteiger partial charge < -0.3 is 14.6 Å². The van der Waals surface area contributed by atoms with E-state index in [0.717, 1.165) is 12.2 Å².